The average molecular weight is 362 g/mol. The molecule has 1 aromatic rings. The number of carbonyl (C=O) groups excluding carboxylic acids is 1. The molecule has 2 rings (SSSR count). The number of amides is 2. The predicted octanol–water partition coefficient (Wildman–Crippen LogP) is 3.19. The monoisotopic (exact) mass is 362 g/mol. The Balaban J connectivity index is 2.33. The largest absolute Gasteiger partial charge is 0.465 e. The number of likely N-dealkylation sites (tertiary alicyclic amines) is 1. The number of ether oxygens (including phenoxy) is 1. The molecule has 2 atom stereocenters. The molecule has 0 aliphatic carbocycles. The Morgan fingerprint density at radius 1 is 1.27 bits per heavy atom. The van der Waals surface area contributed by atoms with Crippen LogP contribution in [0.3, 0.4) is 0 Å². The highest BCUT2D eigenvalue weighted by atomic mass is 16.5. The molecular weight excluding hydrogens is 332 g/mol. The summed E-state index contributed by atoms with van der Waals surface area (Å²) >= 11 is 0. The molecule has 1 heterocycles. The highest BCUT2D eigenvalue weighted by molar-refractivity contribution is 5.86. The third kappa shape index (κ3) is 4.75. The maximum atomic E-state index is 13.2. The van der Waals surface area contributed by atoms with E-state index in [9.17, 15) is 14.7 Å². The van der Waals surface area contributed by atoms with E-state index in [0.29, 0.717) is 26.1 Å². The van der Waals surface area contributed by atoms with E-state index in [4.69, 9.17) is 4.74 Å². The molecule has 0 bridgehead atoms. The van der Waals surface area contributed by atoms with Crippen LogP contribution in [0.15, 0.2) is 30.3 Å². The minimum Gasteiger partial charge on any atom is -0.465 e. The zero-order chi connectivity index (χ0) is 19.3. The van der Waals surface area contributed by atoms with Crippen molar-refractivity contribution in [3.05, 3.63) is 35.9 Å². The molecule has 6 nitrogen and oxygen atoms in total. The topological polar surface area (TPSA) is 70.1 Å². The van der Waals surface area contributed by atoms with E-state index in [1.54, 1.807) is 12.0 Å². The Morgan fingerprint density at radius 3 is 2.46 bits per heavy atom. The predicted molar refractivity (Wildman–Crippen MR) is 100 cm³/mol. The van der Waals surface area contributed by atoms with Crippen molar-refractivity contribution in [2.45, 2.75) is 51.1 Å². The maximum absolute atomic E-state index is 13.2. The van der Waals surface area contributed by atoms with Crippen LogP contribution in [0.4, 0.5) is 4.79 Å². The molecule has 0 spiro atoms. The summed E-state index contributed by atoms with van der Waals surface area (Å²) < 4.78 is 5.16. The van der Waals surface area contributed by atoms with Crippen molar-refractivity contribution in [2.24, 2.45) is 0 Å². The lowest BCUT2D eigenvalue weighted by Crippen LogP contribution is -2.57. The molecule has 0 aromatic heterocycles. The zero-order valence-corrected chi connectivity index (χ0v) is 16.1. The molecule has 1 N–H and O–H groups in total. The second-order valence-corrected chi connectivity index (χ2v) is 7.80. The van der Waals surface area contributed by atoms with Crippen LogP contribution in [0.5, 0.6) is 0 Å². The van der Waals surface area contributed by atoms with Gasteiger partial charge in [-0.05, 0) is 39.2 Å². The van der Waals surface area contributed by atoms with Crippen LogP contribution in [-0.2, 0) is 9.53 Å². The highest BCUT2D eigenvalue weighted by Gasteiger charge is 2.41. The molecule has 1 saturated heterocycles. The summed E-state index contributed by atoms with van der Waals surface area (Å²) in [5.41, 5.74) is 0.534. The van der Waals surface area contributed by atoms with Crippen molar-refractivity contribution >= 4 is 12.0 Å². The minimum atomic E-state index is -1.05. The van der Waals surface area contributed by atoms with Gasteiger partial charge in [0.05, 0.1) is 6.61 Å². The van der Waals surface area contributed by atoms with Crippen LogP contribution < -0.4 is 0 Å². The van der Waals surface area contributed by atoms with Gasteiger partial charge in [-0.3, -0.25) is 9.69 Å². The summed E-state index contributed by atoms with van der Waals surface area (Å²) in [5, 5.41) is 9.75. The number of benzene rings is 1. The standard InChI is InChI=1S/C20H30N2O4/c1-20(2,3)22(19(24)25)17-11-10-16(15-8-6-5-7-9-15)14-21(18(17)23)12-13-26-4/h5-9,16-17H,10-14H2,1-4H3,(H,24,25)/t16-,17-/m1/s1. The van der Waals surface area contributed by atoms with E-state index in [0.717, 1.165) is 6.42 Å². The minimum absolute atomic E-state index is 0.127. The molecule has 144 valence electrons. The number of carboxylic acid groups (broad SMARTS) is 1. The van der Waals surface area contributed by atoms with Crippen molar-refractivity contribution in [2.75, 3.05) is 26.8 Å². The van der Waals surface area contributed by atoms with Gasteiger partial charge in [-0.2, -0.15) is 0 Å². The number of hydrogen-bond acceptors (Lipinski definition) is 3. The van der Waals surface area contributed by atoms with Gasteiger partial charge in [0.25, 0.3) is 0 Å². The number of rotatable bonds is 5. The molecule has 0 radical (unpaired) electrons. The second-order valence-electron chi connectivity index (χ2n) is 7.80. The first-order valence-electron chi connectivity index (χ1n) is 9.10. The molecule has 1 aromatic carbocycles. The zero-order valence-electron chi connectivity index (χ0n) is 16.1. The van der Waals surface area contributed by atoms with Gasteiger partial charge in [0.2, 0.25) is 5.91 Å². The summed E-state index contributed by atoms with van der Waals surface area (Å²) in [5.74, 6) is 0.0652. The summed E-state index contributed by atoms with van der Waals surface area (Å²) in [6.45, 7) is 6.96. The van der Waals surface area contributed by atoms with Gasteiger partial charge in [0.1, 0.15) is 6.04 Å². The van der Waals surface area contributed by atoms with E-state index in [2.05, 4.69) is 12.1 Å². The highest BCUT2D eigenvalue weighted by Crippen LogP contribution is 2.31. The third-order valence-electron chi connectivity index (χ3n) is 4.90. The fraction of sp³-hybridized carbons (Fsp3) is 0.600. The fourth-order valence-corrected chi connectivity index (χ4v) is 3.67. The van der Waals surface area contributed by atoms with E-state index in [1.807, 2.05) is 39.0 Å². The van der Waals surface area contributed by atoms with Gasteiger partial charge >= 0.3 is 6.09 Å². The first kappa shape index (κ1) is 20.2. The maximum Gasteiger partial charge on any atom is 0.408 e. The summed E-state index contributed by atoms with van der Waals surface area (Å²) in [6.07, 6.45) is 0.232. The third-order valence-corrected chi connectivity index (χ3v) is 4.90. The van der Waals surface area contributed by atoms with Crippen LogP contribution >= 0.6 is 0 Å². The smallest absolute Gasteiger partial charge is 0.408 e. The fourth-order valence-electron chi connectivity index (χ4n) is 3.67. The van der Waals surface area contributed by atoms with Gasteiger partial charge in [-0.1, -0.05) is 30.3 Å². The van der Waals surface area contributed by atoms with Crippen LogP contribution in [0.2, 0.25) is 0 Å². The van der Waals surface area contributed by atoms with Crippen LogP contribution in [0.25, 0.3) is 0 Å². The number of nitrogens with zero attached hydrogens (tertiary/aromatic N) is 2. The SMILES string of the molecule is COCCN1C[C@H](c2ccccc2)CC[C@@H](N(C(=O)O)C(C)(C)C)C1=O. The molecule has 1 fully saturated rings. The second kappa shape index (κ2) is 8.54. The number of carbonyl (C=O) groups is 2. The normalized spacial score (nSPS) is 21.4. The Kier molecular flexibility index (Phi) is 6.64. The van der Waals surface area contributed by atoms with Crippen molar-refractivity contribution < 1.29 is 19.4 Å². The number of methoxy groups -OCH3 is 1. The van der Waals surface area contributed by atoms with E-state index < -0.39 is 17.7 Å². The van der Waals surface area contributed by atoms with E-state index in [1.165, 1.54) is 10.5 Å². The molecule has 6 heteroatoms. The summed E-state index contributed by atoms with van der Waals surface area (Å²) in [6, 6.07) is 9.45. The molecule has 1 aliphatic rings. The van der Waals surface area contributed by atoms with Crippen molar-refractivity contribution in [3.8, 4) is 0 Å². The van der Waals surface area contributed by atoms with Crippen molar-refractivity contribution in [1.82, 2.24) is 9.80 Å². The van der Waals surface area contributed by atoms with Gasteiger partial charge in [-0.25, -0.2) is 4.79 Å². The van der Waals surface area contributed by atoms with E-state index >= 15 is 0 Å². The first-order chi connectivity index (χ1) is 12.3. The average Bonchev–Trinajstić information content (AvgIpc) is 2.73. The first-order valence-corrected chi connectivity index (χ1v) is 9.10. The quantitative estimate of drug-likeness (QED) is 0.873. The summed E-state index contributed by atoms with van der Waals surface area (Å²) in [4.78, 5) is 28.2. The lowest BCUT2D eigenvalue weighted by Gasteiger charge is -2.39. The Labute approximate surface area is 155 Å². The molecular formula is C20H30N2O4. The molecule has 26 heavy (non-hydrogen) atoms. The van der Waals surface area contributed by atoms with Gasteiger partial charge in [0, 0.05) is 31.7 Å². The number of hydrogen-bond donors (Lipinski definition) is 1. The summed E-state index contributed by atoms with van der Waals surface area (Å²) in [7, 11) is 1.60. The van der Waals surface area contributed by atoms with Crippen LogP contribution in [0, 0.1) is 0 Å². The molecule has 2 amide bonds. The molecule has 0 unspecified atom stereocenters. The lowest BCUT2D eigenvalue weighted by atomic mass is 9.92. The van der Waals surface area contributed by atoms with Crippen LogP contribution in [0.1, 0.15) is 45.1 Å². The Hall–Kier alpha value is -2.08. The van der Waals surface area contributed by atoms with Crippen LogP contribution in [-0.4, -0.2) is 65.3 Å². The van der Waals surface area contributed by atoms with Crippen molar-refractivity contribution in [3.63, 3.8) is 0 Å². The van der Waals surface area contributed by atoms with Gasteiger partial charge in [0.15, 0.2) is 0 Å². The Bertz CT molecular complexity index is 612. The lowest BCUT2D eigenvalue weighted by molar-refractivity contribution is -0.138. The molecule has 0 saturated carbocycles. The van der Waals surface area contributed by atoms with Gasteiger partial charge in [-0.15, -0.1) is 0 Å². The molecule has 1 aliphatic heterocycles. The van der Waals surface area contributed by atoms with Gasteiger partial charge < -0.3 is 14.7 Å². The van der Waals surface area contributed by atoms with Crippen molar-refractivity contribution in [1.29, 1.82) is 0 Å². The Morgan fingerprint density at radius 2 is 1.92 bits per heavy atom. The van der Waals surface area contributed by atoms with E-state index in [-0.39, 0.29) is 11.8 Å².